The van der Waals surface area contributed by atoms with Gasteiger partial charge in [0, 0.05) is 0 Å². The Labute approximate surface area is 214 Å². The number of aliphatic hydroxyl groups excluding tert-OH is 7. The maximum Gasteiger partial charge on any atom is 0.308 e. The van der Waals surface area contributed by atoms with E-state index in [1.807, 2.05) is 19.1 Å². The summed E-state index contributed by atoms with van der Waals surface area (Å²) in [7, 11) is 0. The normalized spacial score (nSPS) is 36.6. The van der Waals surface area contributed by atoms with Crippen molar-refractivity contribution in [3.05, 3.63) is 29.8 Å². The molecule has 2 heterocycles. The number of benzene rings is 1. The molecule has 3 rings (SSSR count). The van der Waals surface area contributed by atoms with E-state index in [1.54, 1.807) is 26.0 Å². The SMILES string of the molecule is CC(C)C(=O)OC[C@H]1OC(S)[C@H](O)[C@@H](O)[C@@H]1O.Cc1ccc(O[C@@H]2O[C@H](CO)[C@@H](O)[C@H](O)[C@H]2O)cc1. The topological polar surface area (TPSA) is 196 Å². The first-order valence-corrected chi connectivity index (χ1v) is 12.0. The van der Waals surface area contributed by atoms with Gasteiger partial charge in [-0.1, -0.05) is 31.5 Å². The van der Waals surface area contributed by atoms with E-state index in [2.05, 4.69) is 12.6 Å². The molecule has 0 bridgehead atoms. The molecule has 0 saturated carbocycles. The summed E-state index contributed by atoms with van der Waals surface area (Å²) in [5, 5.41) is 66.6. The number of aliphatic hydroxyl groups is 7. The number of carbonyl (C=O) groups excluding carboxylic acids is 1. The van der Waals surface area contributed by atoms with E-state index in [1.165, 1.54) is 0 Å². The van der Waals surface area contributed by atoms with Crippen molar-refractivity contribution in [2.75, 3.05) is 13.2 Å². The van der Waals surface area contributed by atoms with Crippen LogP contribution in [0.5, 0.6) is 5.75 Å². The fraction of sp³-hybridized carbons (Fsp3) is 0.696. The Balaban J connectivity index is 0.000000255. The Kier molecular flexibility index (Phi) is 11.8. The predicted octanol–water partition coefficient (Wildman–Crippen LogP) is -1.90. The highest BCUT2D eigenvalue weighted by atomic mass is 32.1. The summed E-state index contributed by atoms with van der Waals surface area (Å²) in [4.78, 5) is 11.2. The summed E-state index contributed by atoms with van der Waals surface area (Å²) < 4.78 is 20.7. The number of hydrogen-bond donors (Lipinski definition) is 8. The lowest BCUT2D eigenvalue weighted by atomic mass is 9.99. The Bertz CT molecular complexity index is 807. The van der Waals surface area contributed by atoms with E-state index in [4.69, 9.17) is 24.1 Å². The molecule has 206 valence electrons. The molecule has 0 radical (unpaired) electrons. The molecule has 0 amide bonds. The third kappa shape index (κ3) is 7.99. The average Bonchev–Trinajstić information content (AvgIpc) is 2.85. The Morgan fingerprint density at radius 2 is 1.44 bits per heavy atom. The summed E-state index contributed by atoms with van der Waals surface area (Å²) in [5.41, 5.74) is 0.136. The van der Waals surface area contributed by atoms with Crippen molar-refractivity contribution in [2.24, 2.45) is 5.92 Å². The van der Waals surface area contributed by atoms with Gasteiger partial charge in [-0.15, -0.1) is 12.6 Å². The number of thiol groups is 1. The fourth-order valence-electron chi connectivity index (χ4n) is 3.32. The second-order valence-corrected chi connectivity index (χ2v) is 9.46. The zero-order valence-corrected chi connectivity index (χ0v) is 21.1. The van der Waals surface area contributed by atoms with Crippen molar-refractivity contribution >= 4 is 18.6 Å². The van der Waals surface area contributed by atoms with Crippen molar-refractivity contribution in [1.82, 2.24) is 0 Å². The van der Waals surface area contributed by atoms with Crippen LogP contribution in [-0.4, -0.2) is 115 Å². The number of carbonyl (C=O) groups is 1. The number of esters is 1. The minimum Gasteiger partial charge on any atom is -0.463 e. The number of aryl methyl sites for hydroxylation is 1. The molecule has 1 aromatic carbocycles. The van der Waals surface area contributed by atoms with Crippen molar-refractivity contribution in [1.29, 1.82) is 0 Å². The van der Waals surface area contributed by atoms with Gasteiger partial charge in [0.25, 0.3) is 0 Å². The first-order chi connectivity index (χ1) is 16.9. The number of hydrogen-bond acceptors (Lipinski definition) is 13. The second kappa shape index (κ2) is 13.9. The molecule has 0 aliphatic carbocycles. The van der Waals surface area contributed by atoms with E-state index in [0.29, 0.717) is 5.75 Å². The maximum atomic E-state index is 11.2. The van der Waals surface area contributed by atoms with Gasteiger partial charge in [-0.2, -0.15) is 0 Å². The fourth-order valence-corrected chi connectivity index (χ4v) is 3.65. The molecule has 1 unspecified atom stereocenters. The van der Waals surface area contributed by atoms with Crippen LogP contribution < -0.4 is 4.74 Å². The minimum absolute atomic E-state index is 0.182. The third-order valence-electron chi connectivity index (χ3n) is 5.67. The molecule has 2 fully saturated rings. The van der Waals surface area contributed by atoms with Crippen molar-refractivity contribution < 1.29 is 59.5 Å². The van der Waals surface area contributed by atoms with Crippen LogP contribution >= 0.6 is 12.6 Å². The molecule has 2 aliphatic heterocycles. The molecular weight excluding hydrogens is 500 g/mol. The van der Waals surface area contributed by atoms with Gasteiger partial charge in [0.05, 0.1) is 12.5 Å². The van der Waals surface area contributed by atoms with Crippen LogP contribution in [0.1, 0.15) is 19.4 Å². The summed E-state index contributed by atoms with van der Waals surface area (Å²) in [6, 6.07) is 7.08. The third-order valence-corrected chi connectivity index (χ3v) is 6.10. The summed E-state index contributed by atoms with van der Waals surface area (Å²) in [6.07, 6.45) is -11.1. The molecule has 12 nitrogen and oxygen atoms in total. The quantitative estimate of drug-likeness (QED) is 0.149. The molecule has 10 atom stereocenters. The summed E-state index contributed by atoms with van der Waals surface area (Å²) >= 11 is 3.92. The molecule has 2 saturated heterocycles. The zero-order valence-electron chi connectivity index (χ0n) is 20.2. The molecular formula is C23H36O12S. The van der Waals surface area contributed by atoms with Crippen LogP contribution in [0, 0.1) is 12.8 Å². The highest BCUT2D eigenvalue weighted by Gasteiger charge is 2.45. The summed E-state index contributed by atoms with van der Waals surface area (Å²) in [6.45, 7) is 4.64. The van der Waals surface area contributed by atoms with Crippen molar-refractivity contribution in [3.63, 3.8) is 0 Å². The largest absolute Gasteiger partial charge is 0.463 e. The summed E-state index contributed by atoms with van der Waals surface area (Å²) in [5.74, 6) is -0.231. The Morgan fingerprint density at radius 1 is 0.889 bits per heavy atom. The predicted molar refractivity (Wildman–Crippen MR) is 127 cm³/mol. The second-order valence-electron chi connectivity index (χ2n) is 8.95. The van der Waals surface area contributed by atoms with Gasteiger partial charge in [-0.3, -0.25) is 4.79 Å². The van der Waals surface area contributed by atoms with Gasteiger partial charge in [-0.25, -0.2) is 0 Å². The van der Waals surface area contributed by atoms with E-state index >= 15 is 0 Å². The molecule has 36 heavy (non-hydrogen) atoms. The molecule has 0 aromatic heterocycles. The molecule has 7 N–H and O–H groups in total. The highest BCUT2D eigenvalue weighted by molar-refractivity contribution is 7.80. The number of ether oxygens (including phenoxy) is 4. The Hall–Kier alpha value is -1.52. The van der Waals surface area contributed by atoms with E-state index in [0.717, 1.165) is 5.56 Å². The van der Waals surface area contributed by atoms with Gasteiger partial charge in [0.1, 0.15) is 66.6 Å². The monoisotopic (exact) mass is 536 g/mol. The van der Waals surface area contributed by atoms with Gasteiger partial charge < -0.3 is 54.7 Å². The zero-order chi connectivity index (χ0) is 27.2. The van der Waals surface area contributed by atoms with Crippen LogP contribution in [0.25, 0.3) is 0 Å². The van der Waals surface area contributed by atoms with Crippen molar-refractivity contribution in [3.8, 4) is 5.75 Å². The van der Waals surface area contributed by atoms with Gasteiger partial charge in [0.2, 0.25) is 6.29 Å². The van der Waals surface area contributed by atoms with Crippen molar-refractivity contribution in [2.45, 2.75) is 81.3 Å². The standard InChI is InChI=1S/C13H18O6.C10H18O6S/c1-7-2-4-8(5-3-7)18-13-12(17)11(16)10(15)9(6-14)19-13;1-4(2)9(14)15-3-5-6(11)7(12)8(13)10(17)16-5/h2-5,9-17H,6H2,1H3;4-8,10-13,17H,3H2,1-2H3/t9-,10-,11+,12-,13-;5-,6-,7+,8-,10?/m11/s1. The van der Waals surface area contributed by atoms with E-state index < -0.39 is 73.1 Å². The smallest absolute Gasteiger partial charge is 0.308 e. The van der Waals surface area contributed by atoms with E-state index in [9.17, 15) is 35.4 Å². The van der Waals surface area contributed by atoms with Gasteiger partial charge >= 0.3 is 5.97 Å². The number of rotatable bonds is 6. The van der Waals surface area contributed by atoms with Crippen LogP contribution in [0.3, 0.4) is 0 Å². The van der Waals surface area contributed by atoms with Crippen LogP contribution in [0.2, 0.25) is 0 Å². The minimum atomic E-state index is -1.43. The molecule has 2 aliphatic rings. The lowest BCUT2D eigenvalue weighted by Crippen LogP contribution is -2.60. The lowest BCUT2D eigenvalue weighted by Gasteiger charge is -2.39. The molecule has 1 aromatic rings. The molecule has 13 heteroatoms. The van der Waals surface area contributed by atoms with Crippen LogP contribution in [-0.2, 0) is 19.0 Å². The molecule has 0 spiro atoms. The Morgan fingerprint density at radius 3 is 2.00 bits per heavy atom. The van der Waals surface area contributed by atoms with Crippen LogP contribution in [0.4, 0.5) is 0 Å². The van der Waals surface area contributed by atoms with Crippen LogP contribution in [0.15, 0.2) is 24.3 Å². The van der Waals surface area contributed by atoms with Gasteiger partial charge in [-0.05, 0) is 19.1 Å². The van der Waals surface area contributed by atoms with Gasteiger partial charge in [0.15, 0.2) is 0 Å². The highest BCUT2D eigenvalue weighted by Crippen LogP contribution is 2.25. The average molecular weight is 537 g/mol. The lowest BCUT2D eigenvalue weighted by molar-refractivity contribution is -0.277. The first kappa shape index (κ1) is 30.7. The van der Waals surface area contributed by atoms with E-state index in [-0.39, 0.29) is 12.5 Å². The first-order valence-electron chi connectivity index (χ1n) is 11.5. The maximum absolute atomic E-state index is 11.2.